The molecule has 2 saturated carbocycles. The number of piperazine rings is 1. The predicted molar refractivity (Wildman–Crippen MR) is 67.8 cm³/mol. The van der Waals surface area contributed by atoms with Crippen LogP contribution in [0.1, 0.15) is 46.0 Å². The maximum absolute atomic E-state index is 12.3. The highest BCUT2D eigenvalue weighted by Gasteiger charge is 2.56. The Balaban J connectivity index is 1.77. The van der Waals surface area contributed by atoms with Crippen molar-refractivity contribution in [2.45, 2.75) is 58.0 Å². The number of hydrogen-bond donors (Lipinski definition) is 1. The standard InChI is InChI=1S/C14H22N2O2/c1-3-11-12(17)15-9(2)13(18)16(11)8-14(6-7-14)10-4-5-10/h9-11H,3-8H2,1-2H3,(H,15,17). The van der Waals surface area contributed by atoms with Crippen LogP contribution in [0.2, 0.25) is 0 Å². The SMILES string of the molecule is CCC1C(=O)NC(C)C(=O)N1CC1(C2CC2)CC1. The molecule has 1 N–H and O–H groups in total. The van der Waals surface area contributed by atoms with Gasteiger partial charge >= 0.3 is 0 Å². The monoisotopic (exact) mass is 250 g/mol. The number of amides is 2. The molecule has 4 nitrogen and oxygen atoms in total. The molecule has 2 amide bonds. The van der Waals surface area contributed by atoms with Gasteiger partial charge in [0.2, 0.25) is 11.8 Å². The van der Waals surface area contributed by atoms with Gasteiger partial charge in [-0.25, -0.2) is 0 Å². The molecule has 1 aliphatic heterocycles. The van der Waals surface area contributed by atoms with E-state index in [1.54, 1.807) is 6.92 Å². The van der Waals surface area contributed by atoms with Crippen LogP contribution in [0.4, 0.5) is 0 Å². The van der Waals surface area contributed by atoms with Crippen LogP contribution in [0.25, 0.3) is 0 Å². The Bertz CT molecular complexity index is 385. The molecular weight excluding hydrogens is 228 g/mol. The second-order valence-electron chi connectivity index (χ2n) is 6.26. The number of carbonyl (C=O) groups excluding carboxylic acids is 2. The summed E-state index contributed by atoms with van der Waals surface area (Å²) < 4.78 is 0. The van der Waals surface area contributed by atoms with Crippen LogP contribution in [0, 0.1) is 11.3 Å². The Hall–Kier alpha value is -1.06. The lowest BCUT2D eigenvalue weighted by molar-refractivity contribution is -0.150. The molecule has 100 valence electrons. The van der Waals surface area contributed by atoms with Gasteiger partial charge in [0.15, 0.2) is 0 Å². The van der Waals surface area contributed by atoms with Crippen molar-refractivity contribution in [1.29, 1.82) is 0 Å². The minimum absolute atomic E-state index is 0.0243. The number of hydrogen-bond acceptors (Lipinski definition) is 2. The van der Waals surface area contributed by atoms with Gasteiger partial charge in [-0.15, -0.1) is 0 Å². The molecule has 3 aliphatic rings. The number of nitrogens with one attached hydrogen (secondary N) is 1. The molecule has 4 heteroatoms. The molecule has 2 aliphatic carbocycles. The lowest BCUT2D eigenvalue weighted by Gasteiger charge is -2.39. The average Bonchev–Trinajstić information content (AvgIpc) is 3.17. The highest BCUT2D eigenvalue weighted by molar-refractivity contribution is 5.96. The van der Waals surface area contributed by atoms with Crippen LogP contribution in [-0.2, 0) is 9.59 Å². The predicted octanol–water partition coefficient (Wildman–Crippen LogP) is 1.30. The Labute approximate surface area is 108 Å². The van der Waals surface area contributed by atoms with Gasteiger partial charge in [-0.1, -0.05) is 6.92 Å². The third kappa shape index (κ3) is 1.82. The van der Waals surface area contributed by atoms with Crippen molar-refractivity contribution in [1.82, 2.24) is 10.2 Å². The molecular formula is C14H22N2O2. The summed E-state index contributed by atoms with van der Waals surface area (Å²) in [6, 6.07) is -0.597. The van der Waals surface area contributed by atoms with Gasteiger partial charge in [-0.3, -0.25) is 9.59 Å². The van der Waals surface area contributed by atoms with Gasteiger partial charge < -0.3 is 10.2 Å². The van der Waals surface area contributed by atoms with Crippen molar-refractivity contribution in [2.24, 2.45) is 11.3 Å². The highest BCUT2D eigenvalue weighted by Crippen LogP contribution is 2.61. The first-order valence-corrected chi connectivity index (χ1v) is 7.18. The number of rotatable bonds is 4. The van der Waals surface area contributed by atoms with Gasteiger partial charge in [-0.2, -0.15) is 0 Å². The van der Waals surface area contributed by atoms with Crippen molar-refractivity contribution in [2.75, 3.05) is 6.54 Å². The van der Waals surface area contributed by atoms with Crippen LogP contribution in [0.15, 0.2) is 0 Å². The fourth-order valence-corrected chi connectivity index (χ4v) is 3.40. The van der Waals surface area contributed by atoms with Crippen molar-refractivity contribution in [3.05, 3.63) is 0 Å². The van der Waals surface area contributed by atoms with Gasteiger partial charge in [0, 0.05) is 6.54 Å². The summed E-state index contributed by atoms with van der Waals surface area (Å²) in [5.41, 5.74) is 0.375. The van der Waals surface area contributed by atoms with Gasteiger partial charge in [0.05, 0.1) is 0 Å². The molecule has 0 bridgehead atoms. The molecule has 3 fully saturated rings. The molecule has 0 spiro atoms. The van der Waals surface area contributed by atoms with Crippen molar-refractivity contribution >= 4 is 11.8 Å². The second kappa shape index (κ2) is 3.97. The summed E-state index contributed by atoms with van der Waals surface area (Å²) in [5.74, 6) is 0.952. The third-order valence-corrected chi connectivity index (χ3v) is 4.90. The average molecular weight is 250 g/mol. The Kier molecular flexibility index (Phi) is 2.65. The van der Waals surface area contributed by atoms with E-state index in [0.717, 1.165) is 12.5 Å². The van der Waals surface area contributed by atoms with Crippen molar-refractivity contribution < 1.29 is 9.59 Å². The zero-order valence-corrected chi connectivity index (χ0v) is 11.2. The maximum atomic E-state index is 12.3. The van der Waals surface area contributed by atoms with E-state index in [1.165, 1.54) is 25.7 Å². The maximum Gasteiger partial charge on any atom is 0.245 e. The van der Waals surface area contributed by atoms with Crippen LogP contribution in [0.3, 0.4) is 0 Å². The topological polar surface area (TPSA) is 49.4 Å². The molecule has 0 radical (unpaired) electrons. The lowest BCUT2D eigenvalue weighted by Crippen LogP contribution is -2.63. The van der Waals surface area contributed by atoms with E-state index in [2.05, 4.69) is 5.32 Å². The first-order valence-electron chi connectivity index (χ1n) is 7.18. The largest absolute Gasteiger partial charge is 0.343 e. The summed E-state index contributed by atoms with van der Waals surface area (Å²) in [6.07, 6.45) is 5.84. The molecule has 0 aromatic carbocycles. The van der Waals surface area contributed by atoms with Crippen LogP contribution >= 0.6 is 0 Å². The van der Waals surface area contributed by atoms with E-state index in [0.29, 0.717) is 11.8 Å². The van der Waals surface area contributed by atoms with Crippen molar-refractivity contribution in [3.63, 3.8) is 0 Å². The van der Waals surface area contributed by atoms with E-state index in [9.17, 15) is 9.59 Å². The van der Waals surface area contributed by atoms with E-state index < -0.39 is 0 Å². The summed E-state index contributed by atoms with van der Waals surface area (Å²) in [7, 11) is 0. The van der Waals surface area contributed by atoms with Gasteiger partial charge in [-0.05, 0) is 50.4 Å². The first kappa shape index (κ1) is 12.0. The Morgan fingerprint density at radius 2 is 2.00 bits per heavy atom. The summed E-state index contributed by atoms with van der Waals surface area (Å²) in [4.78, 5) is 26.1. The molecule has 0 aromatic heterocycles. The van der Waals surface area contributed by atoms with E-state index in [1.807, 2.05) is 11.8 Å². The summed E-state index contributed by atoms with van der Waals surface area (Å²) >= 11 is 0. The van der Waals surface area contributed by atoms with Crippen LogP contribution in [0.5, 0.6) is 0 Å². The molecule has 0 aromatic rings. The molecule has 2 unspecified atom stereocenters. The molecule has 1 saturated heterocycles. The molecule has 3 rings (SSSR count). The Morgan fingerprint density at radius 3 is 2.50 bits per heavy atom. The Morgan fingerprint density at radius 1 is 1.33 bits per heavy atom. The van der Waals surface area contributed by atoms with Crippen LogP contribution < -0.4 is 5.32 Å². The fraction of sp³-hybridized carbons (Fsp3) is 0.857. The summed E-state index contributed by atoms with van der Waals surface area (Å²) in [5, 5.41) is 2.78. The number of carbonyl (C=O) groups is 2. The van der Waals surface area contributed by atoms with Crippen LogP contribution in [-0.4, -0.2) is 35.3 Å². The highest BCUT2D eigenvalue weighted by atomic mass is 16.2. The minimum atomic E-state index is -0.352. The fourth-order valence-electron chi connectivity index (χ4n) is 3.40. The molecule has 1 heterocycles. The lowest BCUT2D eigenvalue weighted by atomic mass is 9.96. The minimum Gasteiger partial charge on any atom is -0.343 e. The molecule has 2 atom stereocenters. The normalized spacial score (nSPS) is 34.4. The smallest absolute Gasteiger partial charge is 0.245 e. The summed E-state index contributed by atoms with van der Waals surface area (Å²) in [6.45, 7) is 4.58. The second-order valence-corrected chi connectivity index (χ2v) is 6.26. The zero-order valence-electron chi connectivity index (χ0n) is 11.2. The van der Waals surface area contributed by atoms with Gasteiger partial charge in [0.25, 0.3) is 0 Å². The first-order chi connectivity index (χ1) is 8.57. The van der Waals surface area contributed by atoms with E-state index in [4.69, 9.17) is 0 Å². The zero-order chi connectivity index (χ0) is 12.9. The third-order valence-electron chi connectivity index (χ3n) is 4.90. The number of nitrogens with zero attached hydrogens (tertiary/aromatic N) is 1. The van der Waals surface area contributed by atoms with Crippen molar-refractivity contribution in [3.8, 4) is 0 Å². The van der Waals surface area contributed by atoms with E-state index in [-0.39, 0.29) is 23.9 Å². The quantitative estimate of drug-likeness (QED) is 0.817. The van der Waals surface area contributed by atoms with E-state index >= 15 is 0 Å². The molecule has 18 heavy (non-hydrogen) atoms. The van der Waals surface area contributed by atoms with Gasteiger partial charge in [0.1, 0.15) is 12.1 Å².